The number of halogens is 1. The van der Waals surface area contributed by atoms with Crippen molar-refractivity contribution in [3.05, 3.63) is 71.7 Å². The Bertz CT molecular complexity index is 1030. The molecule has 2 heterocycles. The Morgan fingerprint density at radius 2 is 1.78 bits per heavy atom. The van der Waals surface area contributed by atoms with Gasteiger partial charge in [0.25, 0.3) is 0 Å². The summed E-state index contributed by atoms with van der Waals surface area (Å²) < 4.78 is 15.7. The number of benzene rings is 2. The number of hydrogen-bond acceptors (Lipinski definition) is 2. The number of carbonyl (C=O) groups is 1. The first-order chi connectivity index (χ1) is 15.5. The quantitative estimate of drug-likeness (QED) is 0.528. The first-order valence-electron chi connectivity index (χ1n) is 11.8. The predicted octanol–water partition coefficient (Wildman–Crippen LogP) is 5.20. The molecule has 0 spiro atoms. The summed E-state index contributed by atoms with van der Waals surface area (Å²) in [6.45, 7) is 8.58. The summed E-state index contributed by atoms with van der Waals surface area (Å²) in [7, 11) is 0. The summed E-state index contributed by atoms with van der Waals surface area (Å²) in [5.41, 5.74) is 3.55. The van der Waals surface area contributed by atoms with Crippen LogP contribution in [0.3, 0.4) is 0 Å². The predicted molar refractivity (Wildman–Crippen MR) is 128 cm³/mol. The molecule has 4 rings (SSSR count). The molecule has 3 aromatic rings. The number of carbonyl (C=O) groups excluding carboxylic acids is 1. The van der Waals surface area contributed by atoms with Gasteiger partial charge in [0.15, 0.2) is 0 Å². The van der Waals surface area contributed by atoms with Crippen LogP contribution < -0.4 is 5.32 Å². The van der Waals surface area contributed by atoms with Gasteiger partial charge in [0.2, 0.25) is 5.91 Å². The van der Waals surface area contributed by atoms with Crippen LogP contribution in [0.15, 0.2) is 54.6 Å². The first-order valence-corrected chi connectivity index (χ1v) is 11.8. The zero-order valence-corrected chi connectivity index (χ0v) is 19.2. The van der Waals surface area contributed by atoms with Gasteiger partial charge in [-0.3, -0.25) is 9.69 Å². The number of nitrogens with zero attached hydrogens (tertiary/aromatic N) is 2. The van der Waals surface area contributed by atoms with Crippen molar-refractivity contribution in [2.24, 2.45) is 11.8 Å². The SMILES string of the molecule is CC(C)CCNC(=O)C1CCN(Cc2cc3ccccc3n2Cc2ccc(F)cc2)CC1. The van der Waals surface area contributed by atoms with E-state index in [-0.39, 0.29) is 17.6 Å². The molecule has 4 nitrogen and oxygen atoms in total. The summed E-state index contributed by atoms with van der Waals surface area (Å²) >= 11 is 0. The molecule has 0 saturated carbocycles. The smallest absolute Gasteiger partial charge is 0.223 e. The second-order valence-corrected chi connectivity index (χ2v) is 9.43. The average Bonchev–Trinajstić information content (AvgIpc) is 3.12. The van der Waals surface area contributed by atoms with Crippen LogP contribution in [0.25, 0.3) is 10.9 Å². The number of likely N-dealkylation sites (tertiary alicyclic amines) is 1. The topological polar surface area (TPSA) is 37.3 Å². The number of para-hydroxylation sites is 1. The van der Waals surface area contributed by atoms with Gasteiger partial charge < -0.3 is 9.88 Å². The molecule has 0 bridgehead atoms. The van der Waals surface area contributed by atoms with E-state index < -0.39 is 0 Å². The molecule has 1 amide bonds. The van der Waals surface area contributed by atoms with Crippen molar-refractivity contribution in [3.63, 3.8) is 0 Å². The first kappa shape index (κ1) is 22.5. The van der Waals surface area contributed by atoms with E-state index in [4.69, 9.17) is 0 Å². The second kappa shape index (κ2) is 10.3. The number of piperidine rings is 1. The van der Waals surface area contributed by atoms with Gasteiger partial charge >= 0.3 is 0 Å². The summed E-state index contributed by atoms with van der Waals surface area (Å²) in [5.74, 6) is 0.750. The van der Waals surface area contributed by atoms with Crippen LogP contribution in [0.2, 0.25) is 0 Å². The Kier molecular flexibility index (Phi) is 7.26. The van der Waals surface area contributed by atoms with Gasteiger partial charge in [-0.2, -0.15) is 0 Å². The molecular formula is C27H34FN3O. The highest BCUT2D eigenvalue weighted by molar-refractivity contribution is 5.81. The molecule has 32 heavy (non-hydrogen) atoms. The lowest BCUT2D eigenvalue weighted by molar-refractivity contribution is -0.126. The highest BCUT2D eigenvalue weighted by Crippen LogP contribution is 2.25. The Labute approximate surface area is 190 Å². The van der Waals surface area contributed by atoms with Crippen molar-refractivity contribution in [1.29, 1.82) is 0 Å². The number of aromatic nitrogens is 1. The van der Waals surface area contributed by atoms with E-state index >= 15 is 0 Å². The number of rotatable bonds is 8. The van der Waals surface area contributed by atoms with E-state index in [2.05, 4.69) is 59.0 Å². The molecule has 1 aromatic heterocycles. The lowest BCUT2D eigenvalue weighted by Crippen LogP contribution is -2.40. The van der Waals surface area contributed by atoms with Gasteiger partial charge in [-0.1, -0.05) is 44.2 Å². The molecule has 0 unspecified atom stereocenters. The van der Waals surface area contributed by atoms with E-state index in [1.807, 2.05) is 12.1 Å². The molecule has 170 valence electrons. The van der Waals surface area contributed by atoms with Crippen LogP contribution in [-0.2, 0) is 17.9 Å². The minimum absolute atomic E-state index is 0.128. The summed E-state index contributed by atoms with van der Waals surface area (Å²) in [5, 5.41) is 4.34. The number of nitrogens with one attached hydrogen (secondary N) is 1. The minimum atomic E-state index is -0.206. The maximum Gasteiger partial charge on any atom is 0.223 e. The molecule has 0 atom stereocenters. The fraction of sp³-hybridized carbons (Fsp3) is 0.444. The third-order valence-electron chi connectivity index (χ3n) is 6.52. The van der Waals surface area contributed by atoms with E-state index in [0.29, 0.717) is 5.92 Å². The van der Waals surface area contributed by atoms with Crippen LogP contribution in [0.5, 0.6) is 0 Å². The van der Waals surface area contributed by atoms with Crippen LogP contribution in [0, 0.1) is 17.7 Å². The highest BCUT2D eigenvalue weighted by atomic mass is 19.1. The normalized spacial score (nSPS) is 15.5. The molecule has 0 radical (unpaired) electrons. The third kappa shape index (κ3) is 5.57. The van der Waals surface area contributed by atoms with Crippen molar-refractivity contribution in [1.82, 2.24) is 14.8 Å². The molecule has 2 aromatic carbocycles. The van der Waals surface area contributed by atoms with Crippen molar-refractivity contribution in [2.45, 2.75) is 46.2 Å². The van der Waals surface area contributed by atoms with Gasteiger partial charge in [-0.25, -0.2) is 4.39 Å². The molecule has 1 saturated heterocycles. The monoisotopic (exact) mass is 435 g/mol. The molecule has 5 heteroatoms. The van der Waals surface area contributed by atoms with Crippen LogP contribution >= 0.6 is 0 Å². The average molecular weight is 436 g/mol. The van der Waals surface area contributed by atoms with Gasteiger partial charge in [-0.05, 0) is 73.5 Å². The molecule has 1 fully saturated rings. The van der Waals surface area contributed by atoms with Gasteiger partial charge in [0.1, 0.15) is 5.82 Å². The second-order valence-electron chi connectivity index (χ2n) is 9.43. The largest absolute Gasteiger partial charge is 0.356 e. The Morgan fingerprint density at radius 1 is 1.06 bits per heavy atom. The fourth-order valence-corrected chi connectivity index (χ4v) is 4.57. The summed E-state index contributed by atoms with van der Waals surface area (Å²) in [6, 6.07) is 17.5. The summed E-state index contributed by atoms with van der Waals surface area (Å²) in [6.07, 6.45) is 2.85. The van der Waals surface area contributed by atoms with Gasteiger partial charge in [0, 0.05) is 36.8 Å². The lowest BCUT2D eigenvalue weighted by Gasteiger charge is -2.31. The van der Waals surface area contributed by atoms with Crippen molar-refractivity contribution in [3.8, 4) is 0 Å². The Balaban J connectivity index is 1.41. The Hall–Kier alpha value is -2.66. The van der Waals surface area contributed by atoms with E-state index in [1.54, 1.807) is 0 Å². The van der Waals surface area contributed by atoms with E-state index in [9.17, 15) is 9.18 Å². The maximum absolute atomic E-state index is 13.4. The molecule has 0 aliphatic carbocycles. The van der Waals surface area contributed by atoms with Crippen molar-refractivity contribution < 1.29 is 9.18 Å². The fourth-order valence-electron chi connectivity index (χ4n) is 4.57. The Morgan fingerprint density at radius 3 is 2.50 bits per heavy atom. The molecule has 1 aliphatic rings. The van der Waals surface area contributed by atoms with Crippen LogP contribution in [-0.4, -0.2) is 35.0 Å². The van der Waals surface area contributed by atoms with Crippen LogP contribution in [0.4, 0.5) is 4.39 Å². The summed E-state index contributed by atoms with van der Waals surface area (Å²) in [4.78, 5) is 14.9. The number of amides is 1. The lowest BCUT2D eigenvalue weighted by atomic mass is 9.95. The number of hydrogen-bond donors (Lipinski definition) is 1. The maximum atomic E-state index is 13.4. The van der Waals surface area contributed by atoms with E-state index in [0.717, 1.165) is 57.5 Å². The molecule has 1 aliphatic heterocycles. The standard InChI is InChI=1S/C27H34FN3O/c1-20(2)11-14-29-27(32)22-12-15-30(16-13-22)19-25-17-23-5-3-4-6-26(23)31(25)18-21-7-9-24(28)10-8-21/h3-10,17,20,22H,11-16,18-19H2,1-2H3,(H,29,32). The minimum Gasteiger partial charge on any atom is -0.356 e. The number of fused-ring (bicyclic) bond motifs is 1. The molecule has 1 N–H and O–H groups in total. The third-order valence-corrected chi connectivity index (χ3v) is 6.52. The van der Waals surface area contributed by atoms with Crippen LogP contribution in [0.1, 0.15) is 44.4 Å². The van der Waals surface area contributed by atoms with E-state index in [1.165, 1.54) is 28.7 Å². The van der Waals surface area contributed by atoms with Crippen molar-refractivity contribution in [2.75, 3.05) is 19.6 Å². The van der Waals surface area contributed by atoms with Crippen molar-refractivity contribution >= 4 is 16.8 Å². The zero-order valence-electron chi connectivity index (χ0n) is 19.2. The van der Waals surface area contributed by atoms with Gasteiger partial charge in [-0.15, -0.1) is 0 Å². The highest BCUT2D eigenvalue weighted by Gasteiger charge is 2.25. The molecular weight excluding hydrogens is 401 g/mol. The van der Waals surface area contributed by atoms with Gasteiger partial charge in [0.05, 0.1) is 0 Å². The zero-order chi connectivity index (χ0) is 22.5.